The molecule has 3 aromatic rings. The predicted molar refractivity (Wildman–Crippen MR) is 148 cm³/mol. The highest BCUT2D eigenvalue weighted by molar-refractivity contribution is 7.58. The molecule has 0 nitrogen and oxygen atoms in total. The SMILES string of the molecule is CC[B-](CC)(CC)c1ccccc1.[SH2+]CC=C(c1ccc(Cl)cc1)c1ccc(Cl)cc1. The largest absolute Gasteiger partial charge is 0.210 e. The second kappa shape index (κ2) is 13.1. The minimum atomic E-state index is -0.262. The van der Waals surface area contributed by atoms with E-state index in [0.29, 0.717) is 0 Å². The lowest BCUT2D eigenvalue weighted by Gasteiger charge is -2.37. The molecule has 0 aliphatic carbocycles. The summed E-state index contributed by atoms with van der Waals surface area (Å²) in [5.41, 5.74) is 5.01. The Morgan fingerprint density at radius 3 is 1.48 bits per heavy atom. The summed E-state index contributed by atoms with van der Waals surface area (Å²) >= 11 is 15.3. The van der Waals surface area contributed by atoms with Crippen molar-refractivity contribution in [2.75, 3.05) is 5.75 Å². The minimum Gasteiger partial charge on any atom is -0.210 e. The van der Waals surface area contributed by atoms with Gasteiger partial charge in [-0.25, -0.2) is 5.46 Å². The summed E-state index contributed by atoms with van der Waals surface area (Å²) in [5.74, 6) is 0.792. The molecule has 0 saturated heterocycles. The first-order chi connectivity index (χ1) is 15.0. The summed E-state index contributed by atoms with van der Waals surface area (Å²) in [6.07, 6.45) is 5.77. The van der Waals surface area contributed by atoms with E-state index < -0.39 is 0 Å². The molecule has 0 spiro atoms. The third-order valence-electron chi connectivity index (χ3n) is 6.47. The third kappa shape index (κ3) is 7.21. The van der Waals surface area contributed by atoms with Crippen LogP contribution in [0.2, 0.25) is 29.0 Å². The van der Waals surface area contributed by atoms with Crippen LogP contribution in [0.25, 0.3) is 5.57 Å². The molecular weight excluding hydrogens is 438 g/mol. The third-order valence-corrected chi connectivity index (χ3v) is 7.18. The molecule has 0 amide bonds. The lowest BCUT2D eigenvalue weighted by Crippen LogP contribution is -2.45. The van der Waals surface area contributed by atoms with Gasteiger partial charge in [0.25, 0.3) is 0 Å². The Morgan fingerprint density at radius 2 is 1.13 bits per heavy atom. The van der Waals surface area contributed by atoms with E-state index in [1.165, 1.54) is 24.5 Å². The molecule has 0 bridgehead atoms. The van der Waals surface area contributed by atoms with E-state index in [0.717, 1.165) is 26.9 Å². The molecule has 0 unspecified atom stereocenters. The van der Waals surface area contributed by atoms with Crippen molar-refractivity contribution in [1.29, 1.82) is 0 Å². The van der Waals surface area contributed by atoms with Crippen LogP contribution in [0.1, 0.15) is 31.9 Å². The maximum absolute atomic E-state index is 5.91. The molecule has 0 aliphatic heterocycles. The first-order valence-electron chi connectivity index (χ1n) is 11.1. The molecule has 0 fully saturated rings. The van der Waals surface area contributed by atoms with Gasteiger partial charge in [0.2, 0.25) is 0 Å². The Hall–Kier alpha value is -1.61. The fraction of sp³-hybridized carbons (Fsp3) is 0.259. The number of hydrogen-bond acceptors (Lipinski definition) is 0. The maximum atomic E-state index is 5.91. The average molecular weight is 471 g/mol. The summed E-state index contributed by atoms with van der Waals surface area (Å²) in [4.78, 5) is 0. The van der Waals surface area contributed by atoms with Crippen molar-refractivity contribution in [3.63, 3.8) is 0 Å². The van der Waals surface area contributed by atoms with E-state index in [2.05, 4.69) is 69.8 Å². The molecule has 3 rings (SSSR count). The van der Waals surface area contributed by atoms with Crippen molar-refractivity contribution in [2.24, 2.45) is 0 Å². The summed E-state index contributed by atoms with van der Waals surface area (Å²) in [7, 11) is 0. The van der Waals surface area contributed by atoms with Gasteiger partial charge in [-0.3, -0.25) is 0 Å². The quantitative estimate of drug-likeness (QED) is 0.243. The van der Waals surface area contributed by atoms with Crippen LogP contribution in [0, 0.1) is 0 Å². The summed E-state index contributed by atoms with van der Waals surface area (Å²) in [5, 5.41) is 1.49. The molecule has 0 aliphatic rings. The zero-order valence-electron chi connectivity index (χ0n) is 18.7. The lowest BCUT2D eigenvalue weighted by molar-refractivity contribution is 1.19. The first-order valence-corrected chi connectivity index (χ1v) is 12.6. The van der Waals surface area contributed by atoms with Crippen LogP contribution < -0.4 is 5.46 Å². The topological polar surface area (TPSA) is 0 Å². The van der Waals surface area contributed by atoms with Crippen LogP contribution in [0.4, 0.5) is 0 Å². The number of rotatable bonds is 7. The molecular formula is C27H33BCl2S. The van der Waals surface area contributed by atoms with Gasteiger partial charge in [-0.15, -0.1) is 0 Å². The van der Waals surface area contributed by atoms with Crippen LogP contribution in [0.3, 0.4) is 0 Å². The normalized spacial score (nSPS) is 10.8. The van der Waals surface area contributed by atoms with Gasteiger partial charge in [0.1, 0.15) is 5.75 Å². The standard InChI is InChI=1S/C15H12Cl2S.C12H20B/c16-13-5-1-11(2-6-13)15(9-10-18)12-3-7-14(17)8-4-12;1-4-13(5-2,6-3)12-10-8-7-9-11-12/h1-9,18H,10H2;7-11H,4-6H2,1-3H3/q;-1/p+1. The summed E-state index contributed by atoms with van der Waals surface area (Å²) in [6.45, 7) is 6.96. The molecule has 0 N–H and O–H groups in total. The lowest BCUT2D eigenvalue weighted by atomic mass is 9.17. The number of halogens is 2. The van der Waals surface area contributed by atoms with Gasteiger partial charge in [-0.2, -0.15) is 19.0 Å². The van der Waals surface area contributed by atoms with Crippen LogP contribution in [-0.4, -0.2) is 11.9 Å². The Morgan fingerprint density at radius 1 is 0.710 bits per heavy atom. The van der Waals surface area contributed by atoms with Gasteiger partial charge in [0.15, 0.2) is 0 Å². The molecule has 164 valence electrons. The van der Waals surface area contributed by atoms with Gasteiger partial charge in [0, 0.05) is 16.2 Å². The number of benzene rings is 3. The van der Waals surface area contributed by atoms with Crippen LogP contribution in [0.5, 0.6) is 0 Å². The molecule has 31 heavy (non-hydrogen) atoms. The molecule has 0 heterocycles. The monoisotopic (exact) mass is 470 g/mol. The van der Waals surface area contributed by atoms with Gasteiger partial charge >= 0.3 is 0 Å². The van der Waals surface area contributed by atoms with E-state index >= 15 is 0 Å². The maximum Gasteiger partial charge on any atom is 0.122 e. The van der Waals surface area contributed by atoms with Crippen molar-refractivity contribution in [3.8, 4) is 0 Å². The van der Waals surface area contributed by atoms with E-state index in [4.69, 9.17) is 23.2 Å². The Bertz CT molecular complexity index is 875. The van der Waals surface area contributed by atoms with E-state index in [-0.39, 0.29) is 6.15 Å². The number of hydrogen-bond donors (Lipinski definition) is 0. The Balaban J connectivity index is 0.000000233. The first kappa shape index (κ1) is 25.7. The molecule has 3 aromatic carbocycles. The zero-order valence-corrected chi connectivity index (χ0v) is 21.3. The highest BCUT2D eigenvalue weighted by Crippen LogP contribution is 2.26. The van der Waals surface area contributed by atoms with Crippen molar-refractivity contribution in [1.82, 2.24) is 0 Å². The average Bonchev–Trinajstić information content (AvgIpc) is 2.82. The smallest absolute Gasteiger partial charge is 0.122 e. The zero-order chi connectivity index (χ0) is 22.7. The second-order valence-corrected chi connectivity index (χ2v) is 9.23. The predicted octanol–water partition coefficient (Wildman–Crippen LogP) is 7.84. The van der Waals surface area contributed by atoms with Crippen LogP contribution in [0.15, 0.2) is 84.9 Å². The molecule has 0 atom stereocenters. The van der Waals surface area contributed by atoms with Gasteiger partial charge in [-0.1, -0.05) is 98.6 Å². The van der Waals surface area contributed by atoms with Crippen LogP contribution in [-0.2, 0) is 12.6 Å². The van der Waals surface area contributed by atoms with Crippen molar-refractivity contribution < 1.29 is 0 Å². The van der Waals surface area contributed by atoms with Crippen LogP contribution >= 0.6 is 23.2 Å². The molecule has 0 radical (unpaired) electrons. The molecule has 0 saturated carbocycles. The van der Waals surface area contributed by atoms with E-state index in [1.54, 1.807) is 5.46 Å². The highest BCUT2D eigenvalue weighted by atomic mass is 35.5. The second-order valence-electron chi connectivity index (χ2n) is 7.95. The molecule has 0 aromatic heterocycles. The van der Waals surface area contributed by atoms with Gasteiger partial charge < -0.3 is 0 Å². The molecule has 4 heteroatoms. The van der Waals surface area contributed by atoms with Gasteiger partial charge in [0.05, 0.1) is 0 Å². The van der Waals surface area contributed by atoms with Crippen molar-refractivity contribution >= 4 is 53.0 Å². The van der Waals surface area contributed by atoms with Crippen molar-refractivity contribution in [2.45, 2.75) is 39.7 Å². The highest BCUT2D eigenvalue weighted by Gasteiger charge is 2.19. The van der Waals surface area contributed by atoms with Gasteiger partial charge in [-0.05, 0) is 59.7 Å². The fourth-order valence-electron chi connectivity index (χ4n) is 4.20. The van der Waals surface area contributed by atoms with Crippen molar-refractivity contribution in [3.05, 3.63) is 106 Å². The summed E-state index contributed by atoms with van der Waals surface area (Å²) in [6, 6.07) is 26.7. The van der Waals surface area contributed by atoms with E-state index in [9.17, 15) is 0 Å². The summed E-state index contributed by atoms with van der Waals surface area (Å²) < 4.78 is 0. The van der Waals surface area contributed by atoms with E-state index in [1.807, 2.05) is 48.5 Å². The Kier molecular flexibility index (Phi) is 10.8. The fourth-order valence-corrected chi connectivity index (χ4v) is 4.65. The Labute approximate surface area is 204 Å². The minimum absolute atomic E-state index is 0.262.